The summed E-state index contributed by atoms with van der Waals surface area (Å²) in [5.41, 5.74) is -0.0293. The highest BCUT2D eigenvalue weighted by Gasteiger charge is 2.30. The van der Waals surface area contributed by atoms with Crippen molar-refractivity contribution in [2.75, 3.05) is 0 Å². The smallest absolute Gasteiger partial charge is 0.282 e. The summed E-state index contributed by atoms with van der Waals surface area (Å²) in [5, 5.41) is 16.2. The van der Waals surface area contributed by atoms with Gasteiger partial charge in [-0.3, -0.25) is 14.9 Å². The first-order chi connectivity index (χ1) is 11.2. The van der Waals surface area contributed by atoms with E-state index in [0.29, 0.717) is 5.92 Å². The molecule has 120 valence electrons. The van der Waals surface area contributed by atoms with Crippen LogP contribution >= 0.6 is 11.3 Å². The van der Waals surface area contributed by atoms with E-state index in [9.17, 15) is 14.9 Å². The summed E-state index contributed by atoms with van der Waals surface area (Å²) >= 11 is 1.62. The molecular weight excluding hydrogens is 312 g/mol. The molecule has 2 aromatic rings. The van der Waals surface area contributed by atoms with E-state index in [0.717, 1.165) is 17.7 Å². The number of para-hydroxylation sites is 1. The summed E-state index contributed by atoms with van der Waals surface area (Å²) in [6.45, 7) is 0. The highest BCUT2D eigenvalue weighted by atomic mass is 32.1. The number of nitro benzene ring substituents is 1. The lowest BCUT2D eigenvalue weighted by molar-refractivity contribution is -0.385. The van der Waals surface area contributed by atoms with Gasteiger partial charge in [-0.1, -0.05) is 31.0 Å². The molecule has 1 saturated carbocycles. The van der Waals surface area contributed by atoms with Gasteiger partial charge < -0.3 is 5.32 Å². The van der Waals surface area contributed by atoms with Gasteiger partial charge in [0.2, 0.25) is 0 Å². The Bertz CT molecular complexity index is 694. The number of amides is 1. The van der Waals surface area contributed by atoms with Crippen molar-refractivity contribution in [1.29, 1.82) is 0 Å². The van der Waals surface area contributed by atoms with Crippen LogP contribution in [0.1, 0.15) is 47.0 Å². The Balaban J connectivity index is 1.85. The number of carbonyl (C=O) groups is 1. The summed E-state index contributed by atoms with van der Waals surface area (Å²) in [5.74, 6) is 0.0305. The average Bonchev–Trinajstić information content (AvgIpc) is 3.26. The number of nitrogens with one attached hydrogen (secondary N) is 1. The maximum atomic E-state index is 12.6. The topological polar surface area (TPSA) is 72.2 Å². The van der Waals surface area contributed by atoms with Crippen LogP contribution in [0.15, 0.2) is 41.8 Å². The largest absolute Gasteiger partial charge is 0.344 e. The minimum atomic E-state index is -0.509. The second-order valence-corrected chi connectivity index (χ2v) is 6.76. The molecule has 1 N–H and O–H groups in total. The third kappa shape index (κ3) is 3.42. The Morgan fingerprint density at radius 3 is 2.61 bits per heavy atom. The predicted molar refractivity (Wildman–Crippen MR) is 89.6 cm³/mol. The minimum absolute atomic E-state index is 0.0650. The third-order valence-electron chi connectivity index (χ3n) is 4.35. The molecule has 1 atom stereocenters. The highest BCUT2D eigenvalue weighted by molar-refractivity contribution is 7.10. The van der Waals surface area contributed by atoms with Crippen molar-refractivity contribution < 1.29 is 9.72 Å². The lowest BCUT2D eigenvalue weighted by atomic mass is 9.96. The SMILES string of the molecule is O=C(N[C@@H](c1cccs1)C1CCCC1)c1ccccc1[N+](=O)[O-]. The molecular formula is C17H18N2O3S. The number of rotatable bonds is 5. The van der Waals surface area contributed by atoms with Gasteiger partial charge in [-0.2, -0.15) is 0 Å². The summed E-state index contributed by atoms with van der Waals surface area (Å²) in [6.07, 6.45) is 4.52. The van der Waals surface area contributed by atoms with Crippen LogP contribution in [0.4, 0.5) is 5.69 Å². The Morgan fingerprint density at radius 2 is 1.96 bits per heavy atom. The molecule has 0 saturated heterocycles. The molecule has 3 rings (SSSR count). The minimum Gasteiger partial charge on any atom is -0.344 e. The van der Waals surface area contributed by atoms with E-state index in [-0.39, 0.29) is 23.2 Å². The van der Waals surface area contributed by atoms with E-state index in [4.69, 9.17) is 0 Å². The van der Waals surface area contributed by atoms with Crippen LogP contribution in [-0.4, -0.2) is 10.8 Å². The van der Waals surface area contributed by atoms with Gasteiger partial charge in [0.15, 0.2) is 0 Å². The van der Waals surface area contributed by atoms with Crippen LogP contribution in [0.5, 0.6) is 0 Å². The lowest BCUT2D eigenvalue weighted by Gasteiger charge is -2.23. The van der Waals surface area contributed by atoms with Crippen molar-refractivity contribution in [2.45, 2.75) is 31.7 Å². The van der Waals surface area contributed by atoms with Crippen LogP contribution in [0.25, 0.3) is 0 Å². The number of hydrogen-bond acceptors (Lipinski definition) is 4. The standard InChI is InChI=1S/C17H18N2O3S/c20-17(13-8-3-4-9-14(13)19(21)22)18-16(12-6-1-2-7-12)15-10-5-11-23-15/h3-5,8-12,16H,1-2,6-7H2,(H,18,20)/t16-/m1/s1. The predicted octanol–water partition coefficient (Wildman–Crippen LogP) is 4.32. The molecule has 1 aromatic heterocycles. The number of benzene rings is 1. The van der Waals surface area contributed by atoms with Crippen LogP contribution < -0.4 is 5.32 Å². The molecule has 1 fully saturated rings. The van der Waals surface area contributed by atoms with Crippen LogP contribution in [0, 0.1) is 16.0 Å². The van der Waals surface area contributed by atoms with Crippen molar-refractivity contribution in [3.63, 3.8) is 0 Å². The lowest BCUT2D eigenvalue weighted by Crippen LogP contribution is -2.32. The number of hydrogen-bond donors (Lipinski definition) is 1. The molecule has 1 aliphatic carbocycles. The highest BCUT2D eigenvalue weighted by Crippen LogP contribution is 2.37. The van der Waals surface area contributed by atoms with Crippen molar-refractivity contribution >= 4 is 22.9 Å². The van der Waals surface area contributed by atoms with Crippen LogP contribution in [0.2, 0.25) is 0 Å². The Kier molecular flexibility index (Phi) is 4.71. The normalized spacial score (nSPS) is 16.2. The number of carbonyl (C=O) groups excluding carboxylic acids is 1. The van der Waals surface area contributed by atoms with Gasteiger partial charge in [0.05, 0.1) is 11.0 Å². The molecule has 23 heavy (non-hydrogen) atoms. The molecule has 0 spiro atoms. The van der Waals surface area contributed by atoms with E-state index >= 15 is 0 Å². The summed E-state index contributed by atoms with van der Waals surface area (Å²) in [4.78, 5) is 24.4. The fourth-order valence-electron chi connectivity index (χ4n) is 3.22. The van der Waals surface area contributed by atoms with Gasteiger partial charge in [-0.25, -0.2) is 0 Å². The molecule has 0 unspecified atom stereocenters. The molecule has 0 radical (unpaired) electrons. The van der Waals surface area contributed by atoms with Crippen molar-refractivity contribution in [3.05, 3.63) is 62.3 Å². The Morgan fingerprint density at radius 1 is 1.22 bits per heavy atom. The second-order valence-electron chi connectivity index (χ2n) is 5.79. The molecule has 0 aliphatic heterocycles. The molecule has 0 bridgehead atoms. The number of nitrogens with zero attached hydrogens (tertiary/aromatic N) is 1. The fraction of sp³-hybridized carbons (Fsp3) is 0.353. The molecule has 6 heteroatoms. The van der Waals surface area contributed by atoms with Gasteiger partial charge >= 0.3 is 0 Å². The number of thiophene rings is 1. The van der Waals surface area contributed by atoms with Gasteiger partial charge in [-0.15, -0.1) is 11.3 Å². The fourth-order valence-corrected chi connectivity index (χ4v) is 4.09. The van der Waals surface area contributed by atoms with E-state index in [1.807, 2.05) is 17.5 Å². The summed E-state index contributed by atoms with van der Waals surface area (Å²) in [7, 11) is 0. The first kappa shape index (κ1) is 15.7. The van der Waals surface area contributed by atoms with Gasteiger partial charge in [0.1, 0.15) is 5.56 Å². The Hall–Kier alpha value is -2.21. The maximum Gasteiger partial charge on any atom is 0.282 e. The Labute approximate surface area is 138 Å². The molecule has 1 heterocycles. The molecule has 1 aromatic carbocycles. The zero-order chi connectivity index (χ0) is 16.2. The van der Waals surface area contributed by atoms with Crippen LogP contribution in [-0.2, 0) is 0 Å². The van der Waals surface area contributed by atoms with E-state index in [1.54, 1.807) is 23.5 Å². The zero-order valence-electron chi connectivity index (χ0n) is 12.6. The van der Waals surface area contributed by atoms with Gasteiger partial charge in [0, 0.05) is 10.9 Å². The molecule has 1 aliphatic rings. The molecule has 5 nitrogen and oxygen atoms in total. The van der Waals surface area contributed by atoms with Crippen molar-refractivity contribution in [2.24, 2.45) is 5.92 Å². The van der Waals surface area contributed by atoms with E-state index in [2.05, 4.69) is 5.32 Å². The van der Waals surface area contributed by atoms with Gasteiger partial charge in [0.25, 0.3) is 11.6 Å². The van der Waals surface area contributed by atoms with E-state index < -0.39 is 4.92 Å². The zero-order valence-corrected chi connectivity index (χ0v) is 13.4. The average molecular weight is 330 g/mol. The van der Waals surface area contributed by atoms with Crippen molar-refractivity contribution in [1.82, 2.24) is 5.32 Å². The number of nitro groups is 1. The quantitative estimate of drug-likeness (QED) is 0.655. The van der Waals surface area contributed by atoms with E-state index in [1.165, 1.54) is 25.0 Å². The third-order valence-corrected chi connectivity index (χ3v) is 5.31. The van der Waals surface area contributed by atoms with Crippen molar-refractivity contribution in [3.8, 4) is 0 Å². The second kappa shape index (κ2) is 6.91. The summed E-state index contributed by atoms with van der Waals surface area (Å²) in [6, 6.07) is 10.0. The summed E-state index contributed by atoms with van der Waals surface area (Å²) < 4.78 is 0. The monoisotopic (exact) mass is 330 g/mol. The maximum absolute atomic E-state index is 12.6. The first-order valence-electron chi connectivity index (χ1n) is 7.74. The first-order valence-corrected chi connectivity index (χ1v) is 8.62. The van der Waals surface area contributed by atoms with Crippen LogP contribution in [0.3, 0.4) is 0 Å². The molecule has 1 amide bonds. The van der Waals surface area contributed by atoms with Gasteiger partial charge in [-0.05, 0) is 36.3 Å².